The molecule has 1 fully saturated rings. The Morgan fingerprint density at radius 2 is 1.64 bits per heavy atom. The molecule has 0 atom stereocenters. The van der Waals surface area contributed by atoms with E-state index in [1.807, 2.05) is 36.4 Å². The van der Waals surface area contributed by atoms with E-state index < -0.39 is 10.0 Å². The summed E-state index contributed by atoms with van der Waals surface area (Å²) in [4.78, 5) is 20.2. The third-order valence-electron chi connectivity index (χ3n) is 7.57. The molecule has 220 valence electrons. The number of rotatable bonds is 10. The lowest BCUT2D eigenvalue weighted by Gasteiger charge is -2.29. The van der Waals surface area contributed by atoms with Crippen molar-refractivity contribution in [2.24, 2.45) is 0 Å². The number of amides is 1. The summed E-state index contributed by atoms with van der Waals surface area (Å²) in [6.07, 6.45) is 3.45. The summed E-state index contributed by atoms with van der Waals surface area (Å²) in [7, 11) is -0.936. The van der Waals surface area contributed by atoms with Gasteiger partial charge < -0.3 is 14.4 Å². The van der Waals surface area contributed by atoms with Crippen LogP contribution in [0.3, 0.4) is 0 Å². The second-order valence-corrected chi connectivity index (χ2v) is 13.5. The maximum Gasteiger partial charge on any atom is 0.264 e. The monoisotopic (exact) mass is 587 g/mol. The van der Waals surface area contributed by atoms with Crippen LogP contribution < -0.4 is 13.8 Å². The first-order valence-corrected chi connectivity index (χ1v) is 15.4. The predicted octanol–water partition coefficient (Wildman–Crippen LogP) is 5.94. The van der Waals surface area contributed by atoms with Gasteiger partial charge in [0.2, 0.25) is 5.91 Å². The average Bonchev–Trinajstić information content (AvgIpc) is 3.83. The highest BCUT2D eigenvalue weighted by Gasteiger charge is 2.36. The van der Waals surface area contributed by atoms with Gasteiger partial charge in [-0.2, -0.15) is 0 Å². The topological polar surface area (TPSA) is 89.0 Å². The fourth-order valence-electron chi connectivity index (χ4n) is 4.98. The molecule has 5 rings (SSSR count). The second-order valence-electron chi connectivity index (χ2n) is 11.6. The van der Waals surface area contributed by atoms with Crippen molar-refractivity contribution >= 4 is 32.5 Å². The van der Waals surface area contributed by atoms with Gasteiger partial charge in [-0.15, -0.1) is 0 Å². The van der Waals surface area contributed by atoms with E-state index in [0.717, 1.165) is 34.9 Å². The van der Waals surface area contributed by atoms with Gasteiger partial charge in [-0.1, -0.05) is 45.0 Å². The Hall–Kier alpha value is -4.11. The van der Waals surface area contributed by atoms with E-state index in [-0.39, 0.29) is 28.8 Å². The molecule has 1 aliphatic carbocycles. The third kappa shape index (κ3) is 6.21. The maximum atomic E-state index is 14.2. The van der Waals surface area contributed by atoms with E-state index in [1.165, 1.54) is 4.31 Å². The van der Waals surface area contributed by atoms with E-state index in [1.54, 1.807) is 61.7 Å². The summed E-state index contributed by atoms with van der Waals surface area (Å²) in [6.45, 7) is 6.24. The molecule has 0 unspecified atom stereocenters. The normalized spacial score (nSPS) is 13.5. The largest absolute Gasteiger partial charge is 0.493 e. The van der Waals surface area contributed by atoms with Crippen LogP contribution in [0.1, 0.15) is 44.7 Å². The molecule has 1 saturated carbocycles. The third-order valence-corrected chi connectivity index (χ3v) is 9.36. The molecule has 8 nitrogen and oxygen atoms in total. The number of pyridine rings is 1. The Bertz CT molecular complexity index is 1690. The number of fused-ring (bicyclic) bond motifs is 1. The summed E-state index contributed by atoms with van der Waals surface area (Å²) in [6, 6.07) is 21.5. The minimum absolute atomic E-state index is 0.0574. The van der Waals surface area contributed by atoms with Crippen molar-refractivity contribution in [1.82, 2.24) is 9.88 Å². The summed E-state index contributed by atoms with van der Waals surface area (Å²) in [5.74, 6) is 0.908. The summed E-state index contributed by atoms with van der Waals surface area (Å²) in [5, 5.41) is 0.787. The number of hydrogen-bond donors (Lipinski definition) is 0. The molecule has 0 spiro atoms. The van der Waals surface area contributed by atoms with Gasteiger partial charge in [-0.25, -0.2) is 8.42 Å². The summed E-state index contributed by atoms with van der Waals surface area (Å²) >= 11 is 0. The maximum absolute atomic E-state index is 14.2. The van der Waals surface area contributed by atoms with Crippen LogP contribution in [0.5, 0.6) is 11.5 Å². The first kappa shape index (κ1) is 29.4. The van der Waals surface area contributed by atoms with Crippen LogP contribution in [0.25, 0.3) is 10.9 Å². The molecule has 1 heterocycles. The van der Waals surface area contributed by atoms with Crippen molar-refractivity contribution < 1.29 is 22.7 Å². The molecule has 0 radical (unpaired) electrons. The molecule has 0 aliphatic heterocycles. The van der Waals surface area contributed by atoms with E-state index in [4.69, 9.17) is 9.47 Å². The molecular weight excluding hydrogens is 550 g/mol. The number of benzene rings is 3. The number of nitrogens with zero attached hydrogens (tertiary/aromatic N) is 3. The minimum Gasteiger partial charge on any atom is -0.493 e. The van der Waals surface area contributed by atoms with Gasteiger partial charge >= 0.3 is 0 Å². The second kappa shape index (κ2) is 11.6. The Balaban J connectivity index is 1.50. The molecule has 0 saturated heterocycles. The highest BCUT2D eigenvalue weighted by Crippen LogP contribution is 2.34. The Morgan fingerprint density at radius 1 is 0.929 bits per heavy atom. The number of hydrogen-bond acceptors (Lipinski definition) is 6. The smallest absolute Gasteiger partial charge is 0.264 e. The Morgan fingerprint density at radius 3 is 2.29 bits per heavy atom. The van der Waals surface area contributed by atoms with Gasteiger partial charge in [0, 0.05) is 24.2 Å². The number of ether oxygens (including phenoxy) is 2. The highest BCUT2D eigenvalue weighted by molar-refractivity contribution is 7.92. The van der Waals surface area contributed by atoms with Crippen molar-refractivity contribution in [3.05, 3.63) is 90.1 Å². The van der Waals surface area contributed by atoms with Crippen LogP contribution in [0.2, 0.25) is 0 Å². The van der Waals surface area contributed by atoms with Crippen molar-refractivity contribution in [3.8, 4) is 11.5 Å². The molecule has 0 N–H and O–H groups in total. The molecule has 1 aliphatic rings. The molecular formula is C33H37N3O5S. The minimum atomic E-state index is -4.08. The van der Waals surface area contributed by atoms with Gasteiger partial charge in [0.1, 0.15) is 6.54 Å². The van der Waals surface area contributed by atoms with E-state index in [9.17, 15) is 13.2 Å². The predicted molar refractivity (Wildman–Crippen MR) is 165 cm³/mol. The molecule has 3 aromatic carbocycles. The van der Waals surface area contributed by atoms with Crippen molar-refractivity contribution in [2.45, 2.75) is 56.5 Å². The van der Waals surface area contributed by atoms with Crippen molar-refractivity contribution in [2.75, 3.05) is 25.1 Å². The van der Waals surface area contributed by atoms with Crippen LogP contribution in [0, 0.1) is 0 Å². The van der Waals surface area contributed by atoms with Crippen LogP contribution >= 0.6 is 0 Å². The number of carbonyl (C=O) groups excluding carboxylic acids is 1. The summed E-state index contributed by atoms with van der Waals surface area (Å²) < 4.78 is 40.4. The van der Waals surface area contributed by atoms with Crippen molar-refractivity contribution in [3.63, 3.8) is 0 Å². The van der Waals surface area contributed by atoms with E-state index >= 15 is 0 Å². The molecule has 4 aromatic rings. The Kier molecular flexibility index (Phi) is 8.14. The molecule has 9 heteroatoms. The fraction of sp³-hybridized carbons (Fsp3) is 0.333. The van der Waals surface area contributed by atoms with Crippen LogP contribution in [-0.4, -0.2) is 51.0 Å². The van der Waals surface area contributed by atoms with Gasteiger partial charge in [0.05, 0.1) is 30.3 Å². The van der Waals surface area contributed by atoms with Crippen LogP contribution in [0.4, 0.5) is 5.69 Å². The molecule has 1 aromatic heterocycles. The zero-order chi connectivity index (χ0) is 30.1. The number of methoxy groups -OCH3 is 2. The lowest BCUT2D eigenvalue weighted by Crippen LogP contribution is -2.43. The highest BCUT2D eigenvalue weighted by atomic mass is 32.2. The van der Waals surface area contributed by atoms with Gasteiger partial charge in [-0.05, 0) is 77.9 Å². The quantitative estimate of drug-likeness (QED) is 0.228. The zero-order valence-electron chi connectivity index (χ0n) is 24.7. The number of carbonyl (C=O) groups is 1. The first-order valence-electron chi connectivity index (χ1n) is 14.0. The van der Waals surface area contributed by atoms with Gasteiger partial charge in [0.25, 0.3) is 10.0 Å². The lowest BCUT2D eigenvalue weighted by molar-refractivity contribution is -0.130. The molecule has 1 amide bonds. The average molecular weight is 588 g/mol. The number of aromatic nitrogens is 1. The SMILES string of the molecule is COc1ccc(CN(C(=O)CN(c2ccc3ncccc3c2)S(=O)(=O)c2ccc(C(C)(C)C)cc2)C2CC2)cc1OC. The first-order chi connectivity index (χ1) is 20.0. The number of anilines is 1. The fourth-order valence-corrected chi connectivity index (χ4v) is 6.39. The summed E-state index contributed by atoms with van der Waals surface area (Å²) in [5.41, 5.74) is 2.92. The molecule has 42 heavy (non-hydrogen) atoms. The Labute approximate surface area is 247 Å². The van der Waals surface area contributed by atoms with Gasteiger partial charge in [0.15, 0.2) is 11.5 Å². The number of sulfonamides is 1. The van der Waals surface area contributed by atoms with Crippen LogP contribution in [-0.2, 0) is 26.8 Å². The van der Waals surface area contributed by atoms with E-state index in [2.05, 4.69) is 25.8 Å². The molecule has 0 bridgehead atoms. The van der Waals surface area contributed by atoms with Crippen molar-refractivity contribution in [1.29, 1.82) is 0 Å². The van der Waals surface area contributed by atoms with Gasteiger partial charge in [-0.3, -0.25) is 14.1 Å². The zero-order valence-corrected chi connectivity index (χ0v) is 25.5. The van der Waals surface area contributed by atoms with Crippen LogP contribution in [0.15, 0.2) is 83.9 Å². The standard InChI is InChI=1S/C33H37N3O5S/c1-33(2,3)25-9-14-28(15-10-25)42(38,39)36(27-13-16-29-24(20-27)7-6-18-34-29)22-32(37)35(26-11-12-26)21-23-8-17-30(40-4)31(19-23)41-5/h6-10,13-20,26H,11-12,21-22H2,1-5H3. The van der Waals surface area contributed by atoms with E-state index in [0.29, 0.717) is 23.7 Å². The lowest BCUT2D eigenvalue weighted by atomic mass is 9.87.